The van der Waals surface area contributed by atoms with Crippen LogP contribution in [0.5, 0.6) is 0 Å². The molecule has 64 heavy (non-hydrogen) atoms. The van der Waals surface area contributed by atoms with Gasteiger partial charge in [0, 0.05) is 38.2 Å². The van der Waals surface area contributed by atoms with E-state index in [0.29, 0.717) is 0 Å². The lowest BCUT2D eigenvalue weighted by atomic mass is 9.91. The Labute approximate surface area is 370 Å². The molecule has 1 aliphatic rings. The second-order valence-electron chi connectivity index (χ2n) is 17.2. The van der Waals surface area contributed by atoms with Crippen LogP contribution >= 0.6 is 0 Å². The number of aromatic nitrogens is 2. The lowest BCUT2D eigenvalue weighted by Crippen LogP contribution is -1.98. The number of para-hydroxylation sites is 3. The molecule has 2 heteroatoms. The molecule has 0 saturated heterocycles. The van der Waals surface area contributed by atoms with Crippen LogP contribution in [0.15, 0.2) is 231 Å². The molecule has 296 valence electrons. The van der Waals surface area contributed by atoms with Crippen LogP contribution in [0.25, 0.3) is 132 Å². The highest BCUT2D eigenvalue weighted by atomic mass is 15.0. The Morgan fingerprint density at radius 3 is 1.62 bits per heavy atom. The average Bonchev–Trinajstić information content (AvgIpc) is 4.00. The van der Waals surface area contributed by atoms with Crippen molar-refractivity contribution in [1.29, 1.82) is 0 Å². The van der Waals surface area contributed by atoms with Crippen molar-refractivity contribution in [3.8, 4) is 67.0 Å². The van der Waals surface area contributed by atoms with Crippen LogP contribution in [-0.2, 0) is 0 Å². The Bertz CT molecular complexity index is 4060. The fourth-order valence-corrected chi connectivity index (χ4v) is 11.0. The Kier molecular flexibility index (Phi) is 7.43. The first kappa shape index (κ1) is 35.2. The van der Waals surface area contributed by atoms with Crippen molar-refractivity contribution in [2.45, 2.75) is 0 Å². The van der Waals surface area contributed by atoms with Crippen molar-refractivity contribution in [3.05, 3.63) is 231 Å². The molecule has 13 aromatic rings. The molecule has 2 heterocycles. The minimum absolute atomic E-state index is 1.16. The summed E-state index contributed by atoms with van der Waals surface area (Å²) in [5, 5.41) is 10.1. The van der Waals surface area contributed by atoms with E-state index in [0.717, 1.165) is 5.69 Å². The maximum absolute atomic E-state index is 2.53. The zero-order valence-corrected chi connectivity index (χ0v) is 34.8. The second-order valence-corrected chi connectivity index (χ2v) is 17.2. The fraction of sp³-hybridized carbons (Fsp3) is 0. The Morgan fingerprint density at radius 1 is 0.250 bits per heavy atom. The van der Waals surface area contributed by atoms with Gasteiger partial charge in [0.25, 0.3) is 0 Å². The summed E-state index contributed by atoms with van der Waals surface area (Å²) in [5.74, 6) is 0. The van der Waals surface area contributed by atoms with Gasteiger partial charge >= 0.3 is 0 Å². The van der Waals surface area contributed by atoms with Crippen molar-refractivity contribution in [1.82, 2.24) is 9.13 Å². The van der Waals surface area contributed by atoms with Crippen LogP contribution in [0.1, 0.15) is 0 Å². The lowest BCUT2D eigenvalue weighted by Gasteiger charge is -2.18. The van der Waals surface area contributed by atoms with E-state index in [1.165, 1.54) is 126 Å². The van der Waals surface area contributed by atoms with E-state index in [9.17, 15) is 0 Å². The minimum atomic E-state index is 1.16. The summed E-state index contributed by atoms with van der Waals surface area (Å²) < 4.78 is 4.91. The van der Waals surface area contributed by atoms with Crippen molar-refractivity contribution < 1.29 is 0 Å². The Hall–Kier alpha value is -8.46. The van der Waals surface area contributed by atoms with Crippen LogP contribution in [-0.4, -0.2) is 9.13 Å². The lowest BCUT2D eigenvalue weighted by molar-refractivity contribution is 1.18. The molecule has 0 saturated carbocycles. The van der Waals surface area contributed by atoms with E-state index < -0.39 is 0 Å². The van der Waals surface area contributed by atoms with Gasteiger partial charge in [-0.15, -0.1) is 0 Å². The molecule has 11 aromatic carbocycles. The molecule has 0 N–H and O–H groups in total. The van der Waals surface area contributed by atoms with E-state index in [1.54, 1.807) is 0 Å². The van der Waals surface area contributed by atoms with Gasteiger partial charge in [-0.05, 0) is 121 Å². The van der Waals surface area contributed by atoms with Gasteiger partial charge in [0.2, 0.25) is 0 Å². The normalized spacial score (nSPS) is 12.1. The zero-order valence-electron chi connectivity index (χ0n) is 34.8. The average molecular weight is 811 g/mol. The summed E-state index contributed by atoms with van der Waals surface area (Å²) in [5.41, 5.74) is 19.7. The molecule has 0 atom stereocenters. The second kappa shape index (κ2) is 13.5. The molecule has 0 fully saturated rings. The number of hydrogen-bond donors (Lipinski definition) is 0. The SMILES string of the molecule is c1ccc(-n2c3ccccc3c3cc(-c4ccc5c(c4)c4ccc6ccccc6c4n5-c4ccccc4-c4ccccc4-c4ccc5c(c4)-c4cccc6cccc-5c46)ccc32)cc1. The highest BCUT2D eigenvalue weighted by Gasteiger charge is 2.24. The highest BCUT2D eigenvalue weighted by molar-refractivity contribution is 6.20. The van der Waals surface area contributed by atoms with Gasteiger partial charge < -0.3 is 9.13 Å². The molecule has 0 bridgehead atoms. The van der Waals surface area contributed by atoms with E-state index in [-0.39, 0.29) is 0 Å². The maximum Gasteiger partial charge on any atom is 0.0619 e. The summed E-state index contributed by atoms with van der Waals surface area (Å²) in [7, 11) is 0. The van der Waals surface area contributed by atoms with Gasteiger partial charge in [-0.3, -0.25) is 0 Å². The van der Waals surface area contributed by atoms with Crippen molar-refractivity contribution in [3.63, 3.8) is 0 Å². The first-order chi connectivity index (χ1) is 31.8. The van der Waals surface area contributed by atoms with Gasteiger partial charge in [-0.1, -0.05) is 176 Å². The van der Waals surface area contributed by atoms with Crippen molar-refractivity contribution in [2.75, 3.05) is 0 Å². The third-order valence-electron chi connectivity index (χ3n) is 13.8. The Balaban J connectivity index is 0.964. The maximum atomic E-state index is 2.53. The summed E-state index contributed by atoms with van der Waals surface area (Å²) in [6.45, 7) is 0. The number of benzene rings is 11. The molecule has 2 aromatic heterocycles. The summed E-state index contributed by atoms with van der Waals surface area (Å²) >= 11 is 0. The van der Waals surface area contributed by atoms with Gasteiger partial charge in [-0.25, -0.2) is 0 Å². The van der Waals surface area contributed by atoms with Crippen LogP contribution in [0.2, 0.25) is 0 Å². The largest absolute Gasteiger partial charge is 0.309 e. The fourth-order valence-electron chi connectivity index (χ4n) is 11.0. The monoisotopic (exact) mass is 810 g/mol. The highest BCUT2D eigenvalue weighted by Crippen LogP contribution is 2.49. The van der Waals surface area contributed by atoms with Crippen LogP contribution < -0.4 is 0 Å². The van der Waals surface area contributed by atoms with Crippen molar-refractivity contribution >= 4 is 65.2 Å². The predicted molar refractivity (Wildman–Crippen MR) is 271 cm³/mol. The molecular formula is C62H38N2. The smallest absolute Gasteiger partial charge is 0.0619 e. The standard InChI is InChI=1S/C62H38N2/c1-2-17-44(18-3-1)63-57-26-10-9-23-50(57)55-36-41(30-34-59(55)63)42-31-35-60-56(37-42)53-33-28-39-14-4-5-20-46(39)62(53)64(60)58-27-11-8-22-49(58)47-21-7-6-19-45(47)43-29-32-48-51-24-12-15-40-16-13-25-52(61(40)51)54(48)38-43/h1-38H. The van der Waals surface area contributed by atoms with Gasteiger partial charge in [0.15, 0.2) is 0 Å². The molecule has 0 radical (unpaired) electrons. The number of fused-ring (bicyclic) bond motifs is 11. The number of nitrogens with zero attached hydrogens (tertiary/aromatic N) is 2. The van der Waals surface area contributed by atoms with Crippen LogP contribution in [0.3, 0.4) is 0 Å². The molecule has 0 aliphatic heterocycles. The zero-order chi connectivity index (χ0) is 41.9. The summed E-state index contributed by atoms with van der Waals surface area (Å²) in [6.07, 6.45) is 0. The van der Waals surface area contributed by atoms with Crippen LogP contribution in [0.4, 0.5) is 0 Å². The van der Waals surface area contributed by atoms with Gasteiger partial charge in [0.05, 0.1) is 27.8 Å². The van der Waals surface area contributed by atoms with E-state index in [2.05, 4.69) is 240 Å². The number of rotatable bonds is 5. The number of hydrogen-bond acceptors (Lipinski definition) is 0. The summed E-state index contributed by atoms with van der Waals surface area (Å²) in [6, 6.07) is 85.3. The van der Waals surface area contributed by atoms with Crippen LogP contribution in [0, 0.1) is 0 Å². The molecule has 1 aliphatic carbocycles. The molecule has 14 rings (SSSR count). The van der Waals surface area contributed by atoms with E-state index in [4.69, 9.17) is 0 Å². The first-order valence-corrected chi connectivity index (χ1v) is 22.2. The summed E-state index contributed by atoms with van der Waals surface area (Å²) in [4.78, 5) is 0. The Morgan fingerprint density at radius 2 is 0.812 bits per heavy atom. The molecule has 0 amide bonds. The molecule has 0 spiro atoms. The third-order valence-corrected chi connectivity index (χ3v) is 13.8. The van der Waals surface area contributed by atoms with E-state index >= 15 is 0 Å². The molecule has 0 unspecified atom stereocenters. The van der Waals surface area contributed by atoms with Gasteiger partial charge in [0.1, 0.15) is 0 Å². The molecule has 2 nitrogen and oxygen atoms in total. The first-order valence-electron chi connectivity index (χ1n) is 22.2. The quantitative estimate of drug-likeness (QED) is 0.164. The third kappa shape index (κ3) is 5.02. The van der Waals surface area contributed by atoms with E-state index in [1.807, 2.05) is 0 Å². The topological polar surface area (TPSA) is 9.86 Å². The van der Waals surface area contributed by atoms with Crippen molar-refractivity contribution in [2.24, 2.45) is 0 Å². The predicted octanol–water partition coefficient (Wildman–Crippen LogP) is 16.8. The van der Waals surface area contributed by atoms with Gasteiger partial charge in [-0.2, -0.15) is 0 Å². The molecular weight excluding hydrogens is 773 g/mol. The minimum Gasteiger partial charge on any atom is -0.309 e.